The summed E-state index contributed by atoms with van der Waals surface area (Å²) in [6, 6.07) is -0.821. The first kappa shape index (κ1) is 80.7. The van der Waals surface area contributed by atoms with Crippen molar-refractivity contribution in [2.75, 3.05) is 13.2 Å². The largest absolute Gasteiger partial charge is 0.394 e. The lowest BCUT2D eigenvalue weighted by molar-refractivity contribution is -0.302. The van der Waals surface area contributed by atoms with E-state index in [4.69, 9.17) is 9.47 Å². The van der Waals surface area contributed by atoms with Crippen LogP contribution < -0.4 is 5.32 Å². The Kier molecular flexibility index (Phi) is 62.1. The number of carbonyl (C=O) groups excluding carboxylic acids is 1. The number of carbonyl (C=O) groups is 1. The molecule has 1 fully saturated rings. The van der Waals surface area contributed by atoms with Gasteiger partial charge in [0, 0.05) is 6.42 Å². The molecule has 1 heterocycles. The Morgan fingerprint density at radius 1 is 0.393 bits per heavy atom. The summed E-state index contributed by atoms with van der Waals surface area (Å²) in [4.78, 5) is 13.1. The van der Waals surface area contributed by atoms with E-state index in [1.165, 1.54) is 334 Å². The fourth-order valence-corrected chi connectivity index (χ4v) is 12.4. The van der Waals surface area contributed by atoms with Gasteiger partial charge in [-0.15, -0.1) is 0 Å². The molecular formula is C75H145NO8. The molecule has 0 aliphatic carbocycles. The van der Waals surface area contributed by atoms with E-state index >= 15 is 0 Å². The van der Waals surface area contributed by atoms with Crippen molar-refractivity contribution >= 4 is 5.91 Å². The highest BCUT2D eigenvalue weighted by Gasteiger charge is 2.44. The van der Waals surface area contributed by atoms with Gasteiger partial charge in [0.05, 0.1) is 25.4 Å². The minimum atomic E-state index is -1.57. The fourth-order valence-electron chi connectivity index (χ4n) is 12.4. The number of rotatable bonds is 67. The zero-order valence-corrected chi connectivity index (χ0v) is 55.9. The van der Waals surface area contributed by atoms with Crippen LogP contribution in [0.15, 0.2) is 24.3 Å². The van der Waals surface area contributed by atoms with Crippen LogP contribution in [0.5, 0.6) is 0 Å². The lowest BCUT2D eigenvalue weighted by Gasteiger charge is -2.40. The minimum absolute atomic E-state index is 0.177. The number of amides is 1. The van der Waals surface area contributed by atoms with E-state index in [1.807, 2.05) is 6.08 Å². The van der Waals surface area contributed by atoms with Gasteiger partial charge in [0.25, 0.3) is 0 Å². The van der Waals surface area contributed by atoms with Gasteiger partial charge in [0.1, 0.15) is 24.4 Å². The maximum Gasteiger partial charge on any atom is 0.220 e. The molecule has 1 aliphatic heterocycles. The van der Waals surface area contributed by atoms with Crippen LogP contribution in [0, 0.1) is 0 Å². The van der Waals surface area contributed by atoms with Gasteiger partial charge in [-0.05, 0) is 32.1 Å². The van der Waals surface area contributed by atoms with Crippen LogP contribution in [0.4, 0.5) is 0 Å². The van der Waals surface area contributed by atoms with Crippen molar-refractivity contribution in [2.45, 2.75) is 436 Å². The minimum Gasteiger partial charge on any atom is -0.394 e. The van der Waals surface area contributed by atoms with Crippen molar-refractivity contribution in [1.29, 1.82) is 0 Å². The smallest absolute Gasteiger partial charge is 0.220 e. The van der Waals surface area contributed by atoms with Gasteiger partial charge in [0.2, 0.25) is 5.91 Å². The summed E-state index contributed by atoms with van der Waals surface area (Å²) >= 11 is 0. The predicted molar refractivity (Wildman–Crippen MR) is 360 cm³/mol. The highest BCUT2D eigenvalue weighted by atomic mass is 16.7. The summed E-state index contributed by atoms with van der Waals surface area (Å²) in [5.41, 5.74) is 0. The number of allylic oxidation sites excluding steroid dienone is 3. The van der Waals surface area contributed by atoms with Crippen LogP contribution in [0.2, 0.25) is 0 Å². The number of nitrogens with one attached hydrogen (secondary N) is 1. The molecule has 0 aromatic carbocycles. The van der Waals surface area contributed by atoms with E-state index in [0.717, 1.165) is 38.5 Å². The van der Waals surface area contributed by atoms with Gasteiger partial charge in [-0.1, -0.05) is 378 Å². The molecule has 0 aromatic heterocycles. The maximum atomic E-state index is 13.1. The van der Waals surface area contributed by atoms with Gasteiger partial charge in [-0.2, -0.15) is 0 Å². The molecule has 0 saturated carbocycles. The van der Waals surface area contributed by atoms with Gasteiger partial charge in [-0.25, -0.2) is 0 Å². The van der Waals surface area contributed by atoms with Crippen LogP contribution in [0.3, 0.4) is 0 Å². The lowest BCUT2D eigenvalue weighted by atomic mass is 9.99. The second-order valence-corrected chi connectivity index (χ2v) is 26.4. The quantitative estimate of drug-likeness (QED) is 0.0261. The Balaban J connectivity index is 2.11. The third-order valence-corrected chi connectivity index (χ3v) is 18.3. The molecule has 1 rings (SSSR count). The van der Waals surface area contributed by atoms with E-state index in [1.54, 1.807) is 6.08 Å². The molecule has 84 heavy (non-hydrogen) atoms. The Morgan fingerprint density at radius 3 is 1.00 bits per heavy atom. The highest BCUT2D eigenvalue weighted by Crippen LogP contribution is 2.24. The standard InChI is InChI=1S/C75H145NO8/c1-3-5-7-9-11-13-15-17-19-21-23-25-27-29-31-33-35-37-39-41-43-45-47-49-51-53-55-57-59-61-63-65-71(79)76-68(67-83-75-74(82)73(81)72(80)70(66-77)84-75)69(78)64-62-60-58-56-54-52-50-48-46-44-42-40-38-36-34-32-30-28-26-24-22-20-18-16-14-12-10-8-6-4-2/h54,56,62,64,68-70,72-75,77-78,80-82H,3-53,55,57-61,63,65-67H2,1-2H3,(H,76,79)/b56-54+,64-62+. The Hall–Kier alpha value is -1.33. The summed E-state index contributed by atoms with van der Waals surface area (Å²) in [6.45, 7) is 3.83. The summed E-state index contributed by atoms with van der Waals surface area (Å²) in [5, 5.41) is 54.8. The van der Waals surface area contributed by atoms with E-state index in [2.05, 4.69) is 31.3 Å². The Morgan fingerprint density at radius 2 is 0.679 bits per heavy atom. The third-order valence-electron chi connectivity index (χ3n) is 18.3. The monoisotopic (exact) mass is 1190 g/mol. The molecule has 498 valence electrons. The molecule has 7 atom stereocenters. The van der Waals surface area contributed by atoms with Crippen molar-refractivity contribution < 1.29 is 39.8 Å². The molecule has 0 radical (unpaired) electrons. The van der Waals surface area contributed by atoms with Crippen LogP contribution >= 0.6 is 0 Å². The van der Waals surface area contributed by atoms with Crippen LogP contribution in [-0.4, -0.2) is 87.5 Å². The summed E-state index contributed by atoms with van der Waals surface area (Å²) in [5.74, 6) is -0.177. The highest BCUT2D eigenvalue weighted by molar-refractivity contribution is 5.76. The van der Waals surface area contributed by atoms with Gasteiger partial charge in [-0.3, -0.25) is 4.79 Å². The molecule has 0 spiro atoms. The maximum absolute atomic E-state index is 13.1. The molecule has 0 bridgehead atoms. The summed E-state index contributed by atoms with van der Waals surface area (Å²) in [7, 11) is 0. The molecular weight excluding hydrogens is 1040 g/mol. The first-order valence-corrected chi connectivity index (χ1v) is 37.6. The predicted octanol–water partition coefficient (Wildman–Crippen LogP) is 20.8. The van der Waals surface area contributed by atoms with Crippen molar-refractivity contribution in [3.63, 3.8) is 0 Å². The molecule has 6 N–H and O–H groups in total. The molecule has 9 nitrogen and oxygen atoms in total. The molecule has 1 amide bonds. The SMILES string of the molecule is CCCCCCCCCCCCCCCCCCCCCCCCCC/C=C/CC/C=C/C(O)C(COC1OC(CO)C(O)C(O)C1O)NC(=O)CCCCCCCCCCCCCCCCCCCCCCCCCCCCCCCCC. The van der Waals surface area contributed by atoms with E-state index in [0.29, 0.717) is 6.42 Å². The van der Waals surface area contributed by atoms with Crippen molar-refractivity contribution in [2.24, 2.45) is 0 Å². The fraction of sp³-hybridized carbons (Fsp3) is 0.933. The number of ether oxygens (including phenoxy) is 2. The Bertz CT molecular complexity index is 1380. The first-order chi connectivity index (χ1) is 41.3. The second-order valence-electron chi connectivity index (χ2n) is 26.4. The molecule has 7 unspecified atom stereocenters. The van der Waals surface area contributed by atoms with E-state index < -0.39 is 49.5 Å². The molecule has 0 aromatic rings. The zero-order chi connectivity index (χ0) is 60.7. The van der Waals surface area contributed by atoms with Crippen LogP contribution in [-0.2, 0) is 14.3 Å². The van der Waals surface area contributed by atoms with E-state index in [-0.39, 0.29) is 12.5 Å². The molecule has 1 aliphatic rings. The number of unbranched alkanes of at least 4 members (excludes halogenated alkanes) is 55. The normalized spacial score (nSPS) is 18.2. The number of hydrogen-bond acceptors (Lipinski definition) is 8. The van der Waals surface area contributed by atoms with Crippen molar-refractivity contribution in [3.8, 4) is 0 Å². The molecule has 9 heteroatoms. The van der Waals surface area contributed by atoms with Gasteiger partial charge < -0.3 is 40.3 Å². The van der Waals surface area contributed by atoms with Crippen molar-refractivity contribution in [3.05, 3.63) is 24.3 Å². The topological polar surface area (TPSA) is 149 Å². The molecule has 1 saturated heterocycles. The van der Waals surface area contributed by atoms with Crippen molar-refractivity contribution in [1.82, 2.24) is 5.32 Å². The number of hydrogen-bond donors (Lipinski definition) is 6. The average Bonchev–Trinajstić information content (AvgIpc) is 3.70. The average molecular weight is 1190 g/mol. The lowest BCUT2D eigenvalue weighted by Crippen LogP contribution is -2.60. The number of aliphatic hydroxyl groups is 5. The summed E-state index contributed by atoms with van der Waals surface area (Å²) in [6.07, 6.45) is 78.9. The first-order valence-electron chi connectivity index (χ1n) is 37.6. The Labute approximate surface area is 521 Å². The zero-order valence-electron chi connectivity index (χ0n) is 55.9. The number of aliphatic hydroxyl groups excluding tert-OH is 5. The van der Waals surface area contributed by atoms with Crippen LogP contribution in [0.1, 0.15) is 393 Å². The second kappa shape index (κ2) is 64.6. The van der Waals surface area contributed by atoms with E-state index in [9.17, 15) is 30.3 Å². The van der Waals surface area contributed by atoms with Crippen LogP contribution in [0.25, 0.3) is 0 Å². The summed E-state index contributed by atoms with van der Waals surface area (Å²) < 4.78 is 11.3. The van der Waals surface area contributed by atoms with Gasteiger partial charge in [0.15, 0.2) is 6.29 Å². The van der Waals surface area contributed by atoms with Gasteiger partial charge >= 0.3 is 0 Å². The third kappa shape index (κ3) is 52.6.